The maximum absolute atomic E-state index is 15.0. The number of pyridine rings is 1. The summed E-state index contributed by atoms with van der Waals surface area (Å²) in [5.41, 5.74) is 4.72. The first-order valence-electron chi connectivity index (χ1n) is 19.0. The monoisotopic (exact) mass is 769 g/mol. The number of rotatable bonds is 17. The molecule has 13 heteroatoms. The minimum absolute atomic E-state index is 0.0303. The molecule has 2 fully saturated rings. The molecule has 1 aromatic heterocycles. The van der Waals surface area contributed by atoms with Crippen LogP contribution >= 0.6 is 23.5 Å². The molecule has 1 aromatic carbocycles. The Bertz CT molecular complexity index is 1500. The Morgan fingerprint density at radius 1 is 1.00 bits per heavy atom. The van der Waals surface area contributed by atoms with Crippen molar-refractivity contribution in [2.24, 2.45) is 17.6 Å². The van der Waals surface area contributed by atoms with Crippen LogP contribution < -0.4 is 21.7 Å². The molecule has 4 rings (SSSR count). The van der Waals surface area contributed by atoms with Crippen LogP contribution in [-0.2, 0) is 20.7 Å². The topological polar surface area (TPSA) is 173 Å². The average molecular weight is 770 g/mol. The lowest BCUT2D eigenvalue weighted by Gasteiger charge is -2.37. The highest BCUT2D eigenvalue weighted by molar-refractivity contribution is 8.20. The lowest BCUT2D eigenvalue weighted by atomic mass is 9.77. The average Bonchev–Trinajstić information content (AvgIpc) is 3.67. The van der Waals surface area contributed by atoms with Gasteiger partial charge in [0, 0.05) is 36.1 Å². The number of anilines is 1. The largest absolute Gasteiger partial charge is 0.444 e. The van der Waals surface area contributed by atoms with E-state index in [2.05, 4.69) is 20.9 Å². The minimum atomic E-state index is -1.61. The number of ketones is 1. The van der Waals surface area contributed by atoms with Gasteiger partial charge in [-0.15, -0.1) is 23.5 Å². The van der Waals surface area contributed by atoms with Crippen molar-refractivity contribution in [3.8, 4) is 0 Å². The third-order valence-corrected chi connectivity index (χ3v) is 13.2. The maximum atomic E-state index is 15.0. The van der Waals surface area contributed by atoms with E-state index in [1.807, 2.05) is 44.2 Å². The fourth-order valence-corrected chi connectivity index (χ4v) is 9.89. The molecule has 0 radical (unpaired) electrons. The molecule has 0 bridgehead atoms. The summed E-state index contributed by atoms with van der Waals surface area (Å²) < 4.78 is 5.24. The summed E-state index contributed by atoms with van der Waals surface area (Å²) in [7, 11) is 0. The van der Waals surface area contributed by atoms with Crippen molar-refractivity contribution >= 4 is 53.0 Å². The van der Waals surface area contributed by atoms with Crippen molar-refractivity contribution in [1.82, 2.24) is 15.6 Å². The smallest absolute Gasteiger partial charge is 0.408 e. The molecule has 11 nitrogen and oxygen atoms in total. The van der Waals surface area contributed by atoms with E-state index in [4.69, 9.17) is 10.5 Å². The first-order valence-corrected chi connectivity index (χ1v) is 21.1. The molecule has 1 saturated carbocycles. The third kappa shape index (κ3) is 13.0. The number of ether oxygens (including phenoxy) is 1. The number of aromatic nitrogens is 1. The fraction of sp³-hybridized carbons (Fsp3) is 0.625. The van der Waals surface area contributed by atoms with E-state index in [-0.39, 0.29) is 40.6 Å². The van der Waals surface area contributed by atoms with Crippen LogP contribution in [0.5, 0.6) is 0 Å². The van der Waals surface area contributed by atoms with Crippen molar-refractivity contribution in [2.45, 2.75) is 133 Å². The van der Waals surface area contributed by atoms with Crippen LogP contribution in [0.2, 0.25) is 0 Å². The van der Waals surface area contributed by atoms with Crippen molar-refractivity contribution in [1.29, 1.82) is 0 Å². The molecule has 1 aliphatic heterocycles. The Labute approximate surface area is 323 Å². The van der Waals surface area contributed by atoms with E-state index in [1.165, 1.54) is 25.5 Å². The molecule has 1 aliphatic carbocycles. The molecular weight excluding hydrogens is 711 g/mol. The second-order valence-electron chi connectivity index (χ2n) is 15.6. The predicted molar refractivity (Wildman–Crippen MR) is 214 cm³/mol. The number of hydrogen-bond acceptors (Lipinski definition) is 10. The summed E-state index contributed by atoms with van der Waals surface area (Å²) in [6, 6.07) is 10.8. The number of aliphatic hydroxyl groups is 1. The highest BCUT2D eigenvalue weighted by Crippen LogP contribution is 2.36. The molecule has 0 spiro atoms. The number of nitrogens with two attached hydrogens (primary N) is 1. The molecule has 2 heterocycles. The minimum Gasteiger partial charge on any atom is -0.444 e. The zero-order valence-electron chi connectivity index (χ0n) is 31.9. The Balaban J connectivity index is 1.70. The molecule has 2 aliphatic rings. The van der Waals surface area contributed by atoms with E-state index in [0.717, 1.165) is 42.8 Å². The van der Waals surface area contributed by atoms with Gasteiger partial charge in [0.1, 0.15) is 23.0 Å². The highest BCUT2D eigenvalue weighted by atomic mass is 32.2. The lowest BCUT2D eigenvalue weighted by Crippen LogP contribution is -2.63. The van der Waals surface area contributed by atoms with Gasteiger partial charge in [-0.3, -0.25) is 14.4 Å². The molecule has 0 unspecified atom stereocenters. The summed E-state index contributed by atoms with van der Waals surface area (Å²) in [4.78, 5) is 59.8. The number of carbonyl (C=O) groups excluding carboxylic acids is 4. The first-order chi connectivity index (χ1) is 25.2. The Morgan fingerprint density at radius 2 is 1.68 bits per heavy atom. The van der Waals surface area contributed by atoms with E-state index in [0.29, 0.717) is 12.3 Å². The number of nitrogens with zero attached hydrogens (tertiary/aromatic N) is 1. The van der Waals surface area contributed by atoms with Gasteiger partial charge in [-0.2, -0.15) is 0 Å². The van der Waals surface area contributed by atoms with Crippen molar-refractivity contribution in [2.75, 3.05) is 16.8 Å². The van der Waals surface area contributed by atoms with E-state index >= 15 is 0 Å². The number of amides is 3. The first kappa shape index (κ1) is 42.6. The van der Waals surface area contributed by atoms with Crippen LogP contribution in [0.1, 0.15) is 108 Å². The number of benzene rings is 1. The molecule has 2 aromatic rings. The summed E-state index contributed by atoms with van der Waals surface area (Å²) in [6.07, 6.45) is 7.71. The SMILES string of the molecule is CC[C@H](C)[C@H](N)C(=O)Nc1ccc(C(=O)[C@@](Cc2ccccc2)(C[C@@H](O)CCC2CCCCC2)NC(=O)[C@@H](NC(=O)OC(C)(C)C)C2SCCS2)cn1. The maximum Gasteiger partial charge on any atom is 0.408 e. The normalized spacial score (nSPS) is 18.9. The van der Waals surface area contributed by atoms with Gasteiger partial charge in [0.25, 0.3) is 0 Å². The van der Waals surface area contributed by atoms with Crippen molar-refractivity contribution < 1.29 is 29.0 Å². The number of carbonyl (C=O) groups is 4. The van der Waals surface area contributed by atoms with Crippen LogP contribution in [-0.4, -0.2) is 79.2 Å². The Morgan fingerprint density at radius 3 is 2.28 bits per heavy atom. The van der Waals surface area contributed by atoms with Gasteiger partial charge >= 0.3 is 6.09 Å². The van der Waals surface area contributed by atoms with Crippen LogP contribution in [0.4, 0.5) is 10.6 Å². The van der Waals surface area contributed by atoms with E-state index < -0.39 is 47.1 Å². The highest BCUT2D eigenvalue weighted by Gasteiger charge is 2.45. The Hall–Kier alpha value is -3.13. The van der Waals surface area contributed by atoms with Gasteiger partial charge in [-0.05, 0) is 63.1 Å². The molecule has 1 saturated heterocycles. The third-order valence-electron chi connectivity index (χ3n) is 10.1. The standard InChI is InChI=1S/C40H59N5O6S2/c1-6-26(2)32(41)35(48)43-31-20-18-29(25-42-31)34(47)40(23-28-15-11-8-12-16-28,24-30(46)19-17-27-13-9-7-10-14-27)45-36(49)33(37-52-21-22-53-37)44-38(50)51-39(3,4)5/h8,11-12,15-16,18,20,25-27,30,32-33,37,46H,6-7,9-10,13-14,17,19,21-24,41H2,1-5H3,(H,44,50)(H,45,49)(H,42,43,48)/t26-,30-,32-,33+,40+/m0/s1. The second-order valence-corrected chi connectivity index (χ2v) is 18.4. The number of alkyl carbamates (subject to hydrolysis) is 1. The van der Waals surface area contributed by atoms with Gasteiger partial charge in [-0.1, -0.05) is 82.7 Å². The zero-order valence-corrected chi connectivity index (χ0v) is 33.5. The van der Waals surface area contributed by atoms with E-state index in [1.54, 1.807) is 56.4 Å². The van der Waals surface area contributed by atoms with Gasteiger partial charge in [-0.25, -0.2) is 9.78 Å². The Kier molecular flexibility index (Phi) is 16.1. The summed E-state index contributed by atoms with van der Waals surface area (Å²) in [6.45, 7) is 9.13. The molecule has 3 amide bonds. The van der Waals surface area contributed by atoms with Gasteiger partial charge in [0.2, 0.25) is 11.8 Å². The molecular formula is C40H59N5O6S2. The van der Waals surface area contributed by atoms with Crippen LogP contribution in [0, 0.1) is 11.8 Å². The zero-order chi connectivity index (χ0) is 38.6. The van der Waals surface area contributed by atoms with Crippen LogP contribution in [0.15, 0.2) is 48.7 Å². The molecule has 6 N–H and O–H groups in total. The van der Waals surface area contributed by atoms with E-state index in [9.17, 15) is 24.3 Å². The fourth-order valence-electron chi connectivity index (χ4n) is 6.92. The number of Topliss-reactive ketones (excluding diaryl/α,β-unsaturated/α-hetero) is 1. The summed E-state index contributed by atoms with van der Waals surface area (Å²) in [5, 5.41) is 20.4. The molecule has 292 valence electrons. The molecule has 53 heavy (non-hydrogen) atoms. The number of thioether (sulfide) groups is 2. The van der Waals surface area contributed by atoms with Gasteiger partial charge in [0.05, 0.1) is 16.7 Å². The van der Waals surface area contributed by atoms with Crippen molar-refractivity contribution in [3.63, 3.8) is 0 Å². The van der Waals surface area contributed by atoms with Crippen molar-refractivity contribution in [3.05, 3.63) is 59.8 Å². The van der Waals surface area contributed by atoms with Gasteiger partial charge in [0.15, 0.2) is 5.78 Å². The van der Waals surface area contributed by atoms with Crippen LogP contribution in [0.3, 0.4) is 0 Å². The molecule has 5 atom stereocenters. The predicted octanol–water partition coefficient (Wildman–Crippen LogP) is 6.48. The summed E-state index contributed by atoms with van der Waals surface area (Å²) in [5.74, 6) is 0.998. The number of hydrogen-bond donors (Lipinski definition) is 5. The van der Waals surface area contributed by atoms with Gasteiger partial charge < -0.3 is 31.5 Å². The lowest BCUT2D eigenvalue weighted by molar-refractivity contribution is -0.124. The number of aliphatic hydroxyl groups excluding tert-OH is 1. The quantitative estimate of drug-likeness (QED) is 0.112. The summed E-state index contributed by atoms with van der Waals surface area (Å²) >= 11 is 3.13. The second kappa shape index (κ2) is 20.0. The van der Waals surface area contributed by atoms with Crippen LogP contribution in [0.25, 0.3) is 0 Å². The number of nitrogens with one attached hydrogen (secondary N) is 3.